The number of aromatic nitrogens is 2. The van der Waals surface area contributed by atoms with E-state index in [4.69, 9.17) is 10.5 Å². The molecule has 2 N–H and O–H groups in total. The molecule has 0 aliphatic carbocycles. The molecular weight excluding hydrogens is 236 g/mol. The molecule has 1 aromatic heterocycles. The minimum atomic E-state index is -0.515. The van der Waals surface area contributed by atoms with Gasteiger partial charge in [0.25, 0.3) is 5.91 Å². The molecule has 0 saturated heterocycles. The van der Waals surface area contributed by atoms with E-state index in [0.717, 1.165) is 0 Å². The SMILES string of the molecule is CCN(CC)C(=O)COC(=O)Cn1ccc(N)n1. The van der Waals surface area contributed by atoms with Gasteiger partial charge in [-0.15, -0.1) is 0 Å². The zero-order valence-corrected chi connectivity index (χ0v) is 10.6. The van der Waals surface area contributed by atoms with Crippen molar-refractivity contribution < 1.29 is 14.3 Å². The highest BCUT2D eigenvalue weighted by Crippen LogP contribution is 1.97. The number of nitrogen functional groups attached to an aromatic ring is 1. The Morgan fingerprint density at radius 1 is 1.44 bits per heavy atom. The Balaban J connectivity index is 2.35. The lowest BCUT2D eigenvalue weighted by molar-refractivity contribution is -0.152. The first-order valence-electron chi connectivity index (χ1n) is 5.79. The van der Waals surface area contributed by atoms with Crippen molar-refractivity contribution in [3.05, 3.63) is 12.3 Å². The van der Waals surface area contributed by atoms with Crippen LogP contribution in [0.2, 0.25) is 0 Å². The summed E-state index contributed by atoms with van der Waals surface area (Å²) < 4.78 is 6.23. The lowest BCUT2D eigenvalue weighted by atomic mass is 10.4. The average Bonchev–Trinajstić information content (AvgIpc) is 2.73. The molecule has 7 nitrogen and oxygen atoms in total. The van der Waals surface area contributed by atoms with E-state index in [1.807, 2.05) is 13.8 Å². The lowest BCUT2D eigenvalue weighted by Gasteiger charge is -2.18. The third kappa shape index (κ3) is 4.08. The number of amides is 1. The molecule has 1 amide bonds. The largest absolute Gasteiger partial charge is 0.454 e. The van der Waals surface area contributed by atoms with Crippen LogP contribution in [0.3, 0.4) is 0 Å². The molecule has 0 bridgehead atoms. The number of nitrogens with two attached hydrogens (primary N) is 1. The van der Waals surface area contributed by atoms with Crippen molar-refractivity contribution in [3.63, 3.8) is 0 Å². The number of ether oxygens (including phenoxy) is 1. The zero-order chi connectivity index (χ0) is 13.5. The Labute approximate surface area is 105 Å². The van der Waals surface area contributed by atoms with E-state index < -0.39 is 5.97 Å². The zero-order valence-electron chi connectivity index (χ0n) is 10.6. The first-order valence-corrected chi connectivity index (χ1v) is 5.79. The molecule has 0 aliphatic rings. The maximum atomic E-state index is 11.6. The monoisotopic (exact) mass is 254 g/mol. The third-order valence-corrected chi connectivity index (χ3v) is 2.43. The highest BCUT2D eigenvalue weighted by molar-refractivity contribution is 5.80. The van der Waals surface area contributed by atoms with Crippen molar-refractivity contribution in [1.29, 1.82) is 0 Å². The summed E-state index contributed by atoms with van der Waals surface area (Å²) in [6.07, 6.45) is 1.57. The van der Waals surface area contributed by atoms with Crippen molar-refractivity contribution in [3.8, 4) is 0 Å². The van der Waals surface area contributed by atoms with E-state index in [-0.39, 0.29) is 19.1 Å². The van der Waals surface area contributed by atoms with Crippen LogP contribution in [0.15, 0.2) is 12.3 Å². The molecule has 0 saturated carbocycles. The number of nitrogens with zero attached hydrogens (tertiary/aromatic N) is 3. The summed E-state index contributed by atoms with van der Waals surface area (Å²) in [4.78, 5) is 24.6. The number of carbonyl (C=O) groups is 2. The second-order valence-electron chi connectivity index (χ2n) is 3.66. The smallest absolute Gasteiger partial charge is 0.328 e. The fraction of sp³-hybridized carbons (Fsp3) is 0.545. The Hall–Kier alpha value is -2.05. The summed E-state index contributed by atoms with van der Waals surface area (Å²) in [6.45, 7) is 4.65. The summed E-state index contributed by atoms with van der Waals surface area (Å²) in [5, 5.41) is 3.84. The number of anilines is 1. The van der Waals surface area contributed by atoms with Crippen molar-refractivity contribution in [2.24, 2.45) is 0 Å². The summed E-state index contributed by atoms with van der Waals surface area (Å²) >= 11 is 0. The molecule has 0 fully saturated rings. The Kier molecular flexibility index (Phi) is 5.16. The van der Waals surface area contributed by atoms with Gasteiger partial charge in [0.15, 0.2) is 6.61 Å². The molecule has 100 valence electrons. The third-order valence-electron chi connectivity index (χ3n) is 2.43. The van der Waals surface area contributed by atoms with E-state index in [1.165, 1.54) is 4.68 Å². The number of likely N-dealkylation sites (N-methyl/N-ethyl adjacent to an activating group) is 1. The molecule has 0 spiro atoms. The van der Waals surface area contributed by atoms with Gasteiger partial charge in [0, 0.05) is 19.3 Å². The van der Waals surface area contributed by atoms with Gasteiger partial charge < -0.3 is 15.4 Å². The highest BCUT2D eigenvalue weighted by atomic mass is 16.5. The molecule has 7 heteroatoms. The summed E-state index contributed by atoms with van der Waals surface area (Å²) in [5.41, 5.74) is 5.41. The van der Waals surface area contributed by atoms with E-state index in [2.05, 4.69) is 5.10 Å². The van der Waals surface area contributed by atoms with Crippen LogP contribution >= 0.6 is 0 Å². The van der Waals surface area contributed by atoms with Crippen LogP contribution in [-0.2, 0) is 20.9 Å². The fourth-order valence-electron chi connectivity index (χ4n) is 1.45. The molecule has 0 aromatic carbocycles. The van der Waals surface area contributed by atoms with Crippen molar-refractivity contribution in [1.82, 2.24) is 14.7 Å². The van der Waals surface area contributed by atoms with Gasteiger partial charge >= 0.3 is 5.97 Å². The van der Waals surface area contributed by atoms with Gasteiger partial charge in [-0.2, -0.15) is 5.10 Å². The van der Waals surface area contributed by atoms with Gasteiger partial charge in [-0.25, -0.2) is 0 Å². The predicted molar refractivity (Wildman–Crippen MR) is 65.5 cm³/mol. The van der Waals surface area contributed by atoms with E-state index in [9.17, 15) is 9.59 Å². The quantitative estimate of drug-likeness (QED) is 0.714. The van der Waals surface area contributed by atoms with Crippen molar-refractivity contribution in [2.45, 2.75) is 20.4 Å². The molecule has 1 heterocycles. The second-order valence-corrected chi connectivity index (χ2v) is 3.66. The number of rotatable bonds is 6. The van der Waals surface area contributed by atoms with Crippen LogP contribution in [0.4, 0.5) is 5.82 Å². The van der Waals surface area contributed by atoms with Crippen LogP contribution in [-0.4, -0.2) is 46.3 Å². The lowest BCUT2D eigenvalue weighted by Crippen LogP contribution is -2.34. The summed E-state index contributed by atoms with van der Waals surface area (Å²) in [5.74, 6) is -0.381. The van der Waals surface area contributed by atoms with Gasteiger partial charge in [-0.05, 0) is 19.9 Å². The molecule has 18 heavy (non-hydrogen) atoms. The van der Waals surface area contributed by atoms with E-state index in [0.29, 0.717) is 18.9 Å². The van der Waals surface area contributed by atoms with Crippen LogP contribution in [0, 0.1) is 0 Å². The Morgan fingerprint density at radius 2 is 2.11 bits per heavy atom. The topological polar surface area (TPSA) is 90.5 Å². The molecule has 1 aromatic rings. The first kappa shape index (κ1) is 14.0. The molecular formula is C11H18N4O3. The Bertz CT molecular complexity index is 412. The maximum Gasteiger partial charge on any atom is 0.328 e. The summed E-state index contributed by atoms with van der Waals surface area (Å²) in [7, 11) is 0. The number of esters is 1. The van der Waals surface area contributed by atoms with Crippen LogP contribution in [0.5, 0.6) is 0 Å². The van der Waals surface area contributed by atoms with Gasteiger partial charge in [-0.1, -0.05) is 0 Å². The van der Waals surface area contributed by atoms with Crippen LogP contribution < -0.4 is 5.73 Å². The molecule has 0 radical (unpaired) electrons. The minimum absolute atomic E-state index is 0.0528. The summed E-state index contributed by atoms with van der Waals surface area (Å²) in [6, 6.07) is 1.58. The highest BCUT2D eigenvalue weighted by Gasteiger charge is 2.13. The van der Waals surface area contributed by atoms with Gasteiger partial charge in [0.1, 0.15) is 12.4 Å². The van der Waals surface area contributed by atoms with Crippen molar-refractivity contribution in [2.75, 3.05) is 25.4 Å². The fourth-order valence-corrected chi connectivity index (χ4v) is 1.45. The van der Waals surface area contributed by atoms with Gasteiger partial charge in [-0.3, -0.25) is 14.3 Å². The standard InChI is InChI=1S/C11H18N4O3/c1-3-14(4-2)10(16)8-18-11(17)7-15-6-5-9(12)13-15/h5-6H,3-4,7-8H2,1-2H3,(H2,12,13). The number of hydrogen-bond donors (Lipinski definition) is 1. The van der Waals surface area contributed by atoms with Crippen molar-refractivity contribution >= 4 is 17.7 Å². The van der Waals surface area contributed by atoms with Gasteiger partial charge in [0.05, 0.1) is 0 Å². The van der Waals surface area contributed by atoms with Crippen LogP contribution in [0.1, 0.15) is 13.8 Å². The van der Waals surface area contributed by atoms with Gasteiger partial charge in [0.2, 0.25) is 0 Å². The molecule has 0 atom stereocenters. The maximum absolute atomic E-state index is 11.6. The Morgan fingerprint density at radius 3 is 2.61 bits per heavy atom. The molecule has 1 rings (SSSR count). The van der Waals surface area contributed by atoms with E-state index >= 15 is 0 Å². The minimum Gasteiger partial charge on any atom is -0.454 e. The normalized spacial score (nSPS) is 10.1. The first-order chi connectivity index (χ1) is 8.56. The number of hydrogen-bond acceptors (Lipinski definition) is 5. The average molecular weight is 254 g/mol. The molecule has 0 unspecified atom stereocenters. The predicted octanol–water partition coefficient (Wildman–Crippen LogP) is -0.123. The second kappa shape index (κ2) is 6.63. The molecule has 0 aliphatic heterocycles. The van der Waals surface area contributed by atoms with Crippen LogP contribution in [0.25, 0.3) is 0 Å². The van der Waals surface area contributed by atoms with E-state index in [1.54, 1.807) is 17.2 Å². The number of carbonyl (C=O) groups excluding carboxylic acids is 2.